The molecule has 1 heterocycles. The van der Waals surface area contributed by atoms with Gasteiger partial charge in [-0.25, -0.2) is 17.1 Å². The molecule has 0 saturated carbocycles. The second kappa shape index (κ2) is 9.86. The van der Waals surface area contributed by atoms with E-state index in [0.29, 0.717) is 30.9 Å². The summed E-state index contributed by atoms with van der Waals surface area (Å²) in [6.07, 6.45) is 2.46. The van der Waals surface area contributed by atoms with Gasteiger partial charge in [-0.1, -0.05) is 36.9 Å². The predicted octanol–water partition coefficient (Wildman–Crippen LogP) is 3.57. The van der Waals surface area contributed by atoms with Crippen molar-refractivity contribution in [1.29, 1.82) is 0 Å². The van der Waals surface area contributed by atoms with Crippen LogP contribution in [0.4, 0.5) is 10.1 Å². The highest BCUT2D eigenvalue weighted by atomic mass is 32.2. The Labute approximate surface area is 176 Å². The Bertz CT molecular complexity index is 1000. The molecule has 0 radical (unpaired) electrons. The number of piperidine rings is 1. The Hall–Kier alpha value is -2.71. The molecule has 0 spiro atoms. The maximum atomic E-state index is 13.8. The minimum Gasteiger partial charge on any atom is -0.489 e. The minimum atomic E-state index is -3.64. The fourth-order valence-electron chi connectivity index (χ4n) is 3.36. The van der Waals surface area contributed by atoms with Crippen molar-refractivity contribution in [1.82, 2.24) is 4.31 Å². The van der Waals surface area contributed by atoms with Gasteiger partial charge in [0.1, 0.15) is 18.2 Å². The second-order valence-corrected chi connectivity index (χ2v) is 9.11. The summed E-state index contributed by atoms with van der Waals surface area (Å²) in [6.45, 7) is 4.44. The van der Waals surface area contributed by atoms with Crippen molar-refractivity contribution in [2.45, 2.75) is 18.6 Å². The summed E-state index contributed by atoms with van der Waals surface area (Å²) in [7, 11) is -3.64. The Morgan fingerprint density at radius 1 is 1.20 bits per heavy atom. The van der Waals surface area contributed by atoms with Crippen molar-refractivity contribution in [2.75, 3.05) is 25.0 Å². The van der Waals surface area contributed by atoms with Gasteiger partial charge in [-0.05, 0) is 31.0 Å². The molecule has 0 aliphatic carbocycles. The number of hydrogen-bond acceptors (Lipinski definition) is 4. The maximum Gasteiger partial charge on any atom is 0.227 e. The number of nitrogens with zero attached hydrogens (tertiary/aromatic N) is 1. The van der Waals surface area contributed by atoms with Crippen molar-refractivity contribution in [3.05, 3.63) is 72.6 Å². The van der Waals surface area contributed by atoms with Crippen LogP contribution in [0.5, 0.6) is 5.75 Å². The highest BCUT2D eigenvalue weighted by molar-refractivity contribution is 7.88. The first kappa shape index (κ1) is 22.0. The monoisotopic (exact) mass is 432 g/mol. The Balaban J connectivity index is 1.55. The molecular formula is C22H25FN2O4S. The topological polar surface area (TPSA) is 75.7 Å². The first-order chi connectivity index (χ1) is 14.4. The number of rotatable bonds is 8. The lowest BCUT2D eigenvalue weighted by atomic mass is 9.97. The maximum absolute atomic E-state index is 13.8. The van der Waals surface area contributed by atoms with Gasteiger partial charge in [0.25, 0.3) is 0 Å². The molecule has 3 rings (SSSR count). The molecule has 0 unspecified atom stereocenters. The van der Waals surface area contributed by atoms with Crippen LogP contribution in [-0.2, 0) is 20.6 Å². The van der Waals surface area contributed by atoms with Crippen LogP contribution in [0.15, 0.2) is 61.2 Å². The first-order valence-corrected chi connectivity index (χ1v) is 11.4. The van der Waals surface area contributed by atoms with E-state index < -0.39 is 15.8 Å². The predicted molar refractivity (Wildman–Crippen MR) is 114 cm³/mol. The summed E-state index contributed by atoms with van der Waals surface area (Å²) in [6, 6.07) is 12.9. The van der Waals surface area contributed by atoms with E-state index in [1.54, 1.807) is 36.4 Å². The van der Waals surface area contributed by atoms with Crippen LogP contribution in [0.3, 0.4) is 0 Å². The number of ether oxygens (including phenoxy) is 1. The summed E-state index contributed by atoms with van der Waals surface area (Å²) in [4.78, 5) is 12.6. The van der Waals surface area contributed by atoms with Crippen LogP contribution in [0.1, 0.15) is 18.4 Å². The highest BCUT2D eigenvalue weighted by Crippen LogP contribution is 2.24. The van der Waals surface area contributed by atoms with E-state index >= 15 is 0 Å². The molecule has 160 valence electrons. The second-order valence-electron chi connectivity index (χ2n) is 7.14. The van der Waals surface area contributed by atoms with E-state index in [1.165, 1.54) is 22.5 Å². The lowest BCUT2D eigenvalue weighted by molar-refractivity contribution is -0.120. The van der Waals surface area contributed by atoms with Crippen LogP contribution < -0.4 is 10.1 Å². The Morgan fingerprint density at radius 3 is 2.63 bits per heavy atom. The third-order valence-corrected chi connectivity index (χ3v) is 6.81. The highest BCUT2D eigenvalue weighted by Gasteiger charge is 2.31. The van der Waals surface area contributed by atoms with E-state index in [-0.39, 0.29) is 36.2 Å². The van der Waals surface area contributed by atoms with Crippen molar-refractivity contribution in [3.63, 3.8) is 0 Å². The molecule has 6 nitrogen and oxygen atoms in total. The zero-order chi connectivity index (χ0) is 21.6. The molecule has 1 fully saturated rings. The number of amides is 1. The largest absolute Gasteiger partial charge is 0.489 e. The van der Waals surface area contributed by atoms with E-state index in [4.69, 9.17) is 4.74 Å². The number of hydrogen-bond donors (Lipinski definition) is 1. The standard InChI is InChI=1S/C22H25FN2O4S/c1-2-14-29-20-8-5-7-19(15-20)24-22(26)17-10-12-25(13-11-17)30(27,28)16-18-6-3-4-9-21(18)23/h2-9,15,17H,1,10-14,16H2,(H,24,26). The van der Waals surface area contributed by atoms with Gasteiger partial charge < -0.3 is 10.1 Å². The lowest BCUT2D eigenvalue weighted by Gasteiger charge is -2.30. The van der Waals surface area contributed by atoms with Gasteiger partial charge in [-0.15, -0.1) is 0 Å². The summed E-state index contributed by atoms with van der Waals surface area (Å²) >= 11 is 0. The third-order valence-electron chi connectivity index (χ3n) is 4.98. The fraction of sp³-hybridized carbons (Fsp3) is 0.318. The molecule has 1 N–H and O–H groups in total. The summed E-state index contributed by atoms with van der Waals surface area (Å²) in [5.41, 5.74) is 0.770. The summed E-state index contributed by atoms with van der Waals surface area (Å²) < 4.78 is 45.9. The Morgan fingerprint density at radius 2 is 1.93 bits per heavy atom. The van der Waals surface area contributed by atoms with E-state index in [2.05, 4.69) is 11.9 Å². The molecule has 2 aromatic rings. The minimum absolute atomic E-state index is 0.149. The van der Waals surface area contributed by atoms with E-state index in [0.717, 1.165) is 0 Å². The van der Waals surface area contributed by atoms with Gasteiger partial charge in [0.15, 0.2) is 0 Å². The lowest BCUT2D eigenvalue weighted by Crippen LogP contribution is -2.42. The zero-order valence-corrected chi connectivity index (χ0v) is 17.4. The van der Waals surface area contributed by atoms with Gasteiger partial charge in [0.2, 0.25) is 15.9 Å². The van der Waals surface area contributed by atoms with Gasteiger partial charge in [0.05, 0.1) is 5.75 Å². The summed E-state index contributed by atoms with van der Waals surface area (Å²) in [5.74, 6) is -0.727. The van der Waals surface area contributed by atoms with Crippen LogP contribution >= 0.6 is 0 Å². The van der Waals surface area contributed by atoms with Crippen molar-refractivity contribution in [2.24, 2.45) is 5.92 Å². The smallest absolute Gasteiger partial charge is 0.227 e. The fourth-order valence-corrected chi connectivity index (χ4v) is 4.94. The van der Waals surface area contributed by atoms with Gasteiger partial charge in [0, 0.05) is 36.3 Å². The third kappa shape index (κ3) is 5.67. The quantitative estimate of drug-likeness (QED) is 0.647. The average Bonchev–Trinajstić information content (AvgIpc) is 2.74. The van der Waals surface area contributed by atoms with Crippen LogP contribution in [0.25, 0.3) is 0 Å². The molecule has 0 atom stereocenters. The average molecular weight is 433 g/mol. The number of anilines is 1. The van der Waals surface area contributed by atoms with Crippen LogP contribution in [-0.4, -0.2) is 38.3 Å². The normalized spacial score (nSPS) is 15.5. The number of halogens is 1. The molecular weight excluding hydrogens is 407 g/mol. The SMILES string of the molecule is C=CCOc1cccc(NC(=O)C2CCN(S(=O)(=O)Cc3ccccc3F)CC2)c1. The van der Waals surface area contributed by atoms with Gasteiger partial charge >= 0.3 is 0 Å². The molecule has 1 aliphatic heterocycles. The van der Waals surface area contributed by atoms with Gasteiger partial charge in [-0.3, -0.25) is 4.79 Å². The number of sulfonamides is 1. The van der Waals surface area contributed by atoms with E-state index in [1.807, 2.05) is 0 Å². The van der Waals surface area contributed by atoms with Crippen molar-refractivity contribution >= 4 is 21.6 Å². The number of carbonyl (C=O) groups excluding carboxylic acids is 1. The first-order valence-electron chi connectivity index (χ1n) is 9.75. The molecule has 0 aromatic heterocycles. The number of nitrogens with one attached hydrogen (secondary N) is 1. The Kier molecular flexibility index (Phi) is 7.23. The molecule has 2 aromatic carbocycles. The molecule has 8 heteroatoms. The zero-order valence-electron chi connectivity index (χ0n) is 16.6. The van der Waals surface area contributed by atoms with Crippen molar-refractivity contribution in [3.8, 4) is 5.75 Å². The van der Waals surface area contributed by atoms with Crippen LogP contribution in [0.2, 0.25) is 0 Å². The van der Waals surface area contributed by atoms with Gasteiger partial charge in [-0.2, -0.15) is 0 Å². The van der Waals surface area contributed by atoms with E-state index in [9.17, 15) is 17.6 Å². The molecule has 1 aliphatic rings. The molecule has 1 saturated heterocycles. The number of benzene rings is 2. The van der Waals surface area contributed by atoms with Crippen LogP contribution in [0, 0.1) is 11.7 Å². The molecule has 1 amide bonds. The number of carbonyl (C=O) groups is 1. The molecule has 0 bridgehead atoms. The van der Waals surface area contributed by atoms with Crippen molar-refractivity contribution < 1.29 is 22.3 Å². The summed E-state index contributed by atoms with van der Waals surface area (Å²) in [5, 5.41) is 2.87. The molecule has 30 heavy (non-hydrogen) atoms.